The van der Waals surface area contributed by atoms with Crippen LogP contribution >= 0.6 is 10.0 Å². The second-order valence-corrected chi connectivity index (χ2v) is 15.0. The lowest BCUT2D eigenvalue weighted by Crippen LogP contribution is -2.41. The zero-order chi connectivity index (χ0) is 22.9. The molecule has 0 N–H and O–H groups in total. The van der Waals surface area contributed by atoms with E-state index >= 15 is 0 Å². The average molecular weight is 427 g/mol. The van der Waals surface area contributed by atoms with Crippen molar-refractivity contribution in [2.45, 2.75) is 61.3 Å². The predicted molar refractivity (Wildman–Crippen MR) is 140 cm³/mol. The maximum Gasteiger partial charge on any atom is 0.00595 e. The summed E-state index contributed by atoms with van der Waals surface area (Å²) in [7, 11) is -0.820. The molecule has 0 amide bonds. The molecule has 0 saturated heterocycles. The summed E-state index contributed by atoms with van der Waals surface area (Å²) in [6.45, 7) is 21.1. The van der Waals surface area contributed by atoms with Crippen LogP contribution in [0.1, 0.15) is 61.3 Å². The van der Waals surface area contributed by atoms with Crippen LogP contribution in [0, 0.1) is 35.0 Å². The monoisotopic (exact) mass is 426 g/mol. The quantitative estimate of drug-likeness (QED) is 0.242. The van der Waals surface area contributed by atoms with Crippen molar-refractivity contribution in [2.24, 2.45) is 35.0 Å². The first-order valence-electron chi connectivity index (χ1n) is 11.8. The van der Waals surface area contributed by atoms with Gasteiger partial charge in [-0.2, -0.15) is 0 Å². The maximum absolute atomic E-state index is 4.48. The van der Waals surface area contributed by atoms with Crippen LogP contribution in [0.25, 0.3) is 0 Å². The molecule has 6 unspecified atom stereocenters. The van der Waals surface area contributed by atoms with Crippen LogP contribution in [-0.4, -0.2) is 18.8 Å². The third kappa shape index (κ3) is 5.00. The Balaban J connectivity index is 2.16. The summed E-state index contributed by atoms with van der Waals surface area (Å²) in [5.41, 5.74) is 8.23. The molecule has 0 nitrogen and oxygen atoms in total. The molecule has 0 spiro atoms. The summed E-state index contributed by atoms with van der Waals surface area (Å²) in [5.74, 6) is 2.93. The second kappa shape index (κ2) is 9.54. The number of rotatable bonds is 10. The molecular weight excluding hydrogens is 380 g/mol. The van der Waals surface area contributed by atoms with Crippen molar-refractivity contribution in [3.63, 3.8) is 0 Å². The summed E-state index contributed by atoms with van der Waals surface area (Å²) in [4.78, 5) is 1.31. The molecule has 0 saturated carbocycles. The zero-order valence-electron chi connectivity index (χ0n) is 21.3. The Hall–Kier alpha value is -1.17. The van der Waals surface area contributed by atoms with Gasteiger partial charge < -0.3 is 0 Å². The Labute approximate surface area is 189 Å². The lowest BCUT2D eigenvalue weighted by Gasteiger charge is -2.49. The van der Waals surface area contributed by atoms with Gasteiger partial charge in [0.1, 0.15) is 0 Å². The van der Waals surface area contributed by atoms with Gasteiger partial charge in [0.05, 0.1) is 0 Å². The molecule has 2 aliphatic rings. The van der Waals surface area contributed by atoms with Crippen LogP contribution in [0.4, 0.5) is 0 Å². The van der Waals surface area contributed by atoms with Gasteiger partial charge in [-0.05, 0) is 89.7 Å². The molecule has 2 rings (SSSR count). The highest BCUT2D eigenvalue weighted by atomic mass is 32.3. The summed E-state index contributed by atoms with van der Waals surface area (Å²) >= 11 is 0. The minimum Gasteiger partial charge on any atom is -0.223 e. The highest BCUT2D eigenvalue weighted by molar-refractivity contribution is 8.35. The molecule has 2 aliphatic carbocycles. The van der Waals surface area contributed by atoms with Crippen molar-refractivity contribution in [1.29, 1.82) is 0 Å². The minimum absolute atomic E-state index is 0.333. The van der Waals surface area contributed by atoms with Gasteiger partial charge in [0.15, 0.2) is 0 Å². The normalized spacial score (nSPS) is 28.3. The molecule has 0 aromatic carbocycles. The fourth-order valence-electron chi connectivity index (χ4n) is 5.12. The number of allylic oxidation sites excluding steroid dienone is 7. The SMILES string of the molecule is C=C(C1=CC=C=C1C(CCC)C(C)/C=C\C(C)C(C)C1(C)C=C(C)C1C)S(C)(C)C. The van der Waals surface area contributed by atoms with E-state index in [0.29, 0.717) is 35.0 Å². The largest absolute Gasteiger partial charge is 0.223 e. The van der Waals surface area contributed by atoms with Gasteiger partial charge in [-0.1, -0.05) is 78.3 Å². The Morgan fingerprint density at radius 3 is 2.30 bits per heavy atom. The molecule has 0 aliphatic heterocycles. The Morgan fingerprint density at radius 2 is 1.80 bits per heavy atom. The van der Waals surface area contributed by atoms with E-state index in [1.54, 1.807) is 5.57 Å². The van der Waals surface area contributed by atoms with Gasteiger partial charge in [-0.3, -0.25) is 0 Å². The van der Waals surface area contributed by atoms with Crippen molar-refractivity contribution in [3.8, 4) is 0 Å². The van der Waals surface area contributed by atoms with Crippen molar-refractivity contribution < 1.29 is 0 Å². The first kappa shape index (κ1) is 25.1. The third-order valence-corrected chi connectivity index (χ3v) is 9.76. The van der Waals surface area contributed by atoms with Crippen molar-refractivity contribution in [2.75, 3.05) is 18.8 Å². The van der Waals surface area contributed by atoms with Crippen LogP contribution in [-0.2, 0) is 0 Å². The fraction of sp³-hybridized carbons (Fsp3) is 0.621. The lowest BCUT2D eigenvalue weighted by molar-refractivity contribution is 0.135. The molecule has 1 heteroatoms. The van der Waals surface area contributed by atoms with E-state index in [4.69, 9.17) is 0 Å². The van der Waals surface area contributed by atoms with Gasteiger partial charge in [0.2, 0.25) is 0 Å². The zero-order valence-corrected chi connectivity index (χ0v) is 22.1. The van der Waals surface area contributed by atoms with E-state index in [0.717, 1.165) is 0 Å². The Kier molecular flexibility index (Phi) is 7.98. The van der Waals surface area contributed by atoms with Gasteiger partial charge in [0, 0.05) is 5.57 Å². The van der Waals surface area contributed by atoms with Crippen LogP contribution < -0.4 is 0 Å². The molecule has 168 valence electrons. The summed E-state index contributed by atoms with van der Waals surface area (Å²) in [6.07, 6.45) is 21.2. The highest BCUT2D eigenvalue weighted by Crippen LogP contribution is 2.53. The van der Waals surface area contributed by atoms with Gasteiger partial charge >= 0.3 is 0 Å². The summed E-state index contributed by atoms with van der Waals surface area (Å²) < 4.78 is 0. The van der Waals surface area contributed by atoms with E-state index in [1.165, 1.54) is 28.9 Å². The lowest BCUT2D eigenvalue weighted by atomic mass is 9.56. The average Bonchev–Trinajstić information content (AvgIpc) is 3.16. The summed E-state index contributed by atoms with van der Waals surface area (Å²) in [6, 6.07) is 0. The summed E-state index contributed by atoms with van der Waals surface area (Å²) in [5, 5.41) is 0. The molecule has 6 atom stereocenters. The second-order valence-electron chi connectivity index (χ2n) is 10.8. The smallest absolute Gasteiger partial charge is 0.00595 e. The fourth-order valence-corrected chi connectivity index (χ4v) is 5.96. The molecule has 0 heterocycles. The van der Waals surface area contributed by atoms with Crippen molar-refractivity contribution >= 4 is 10.0 Å². The number of hydrogen-bond donors (Lipinski definition) is 0. The molecule has 0 bridgehead atoms. The topological polar surface area (TPSA) is 0 Å². The van der Waals surface area contributed by atoms with Crippen LogP contribution in [0.15, 0.2) is 64.3 Å². The van der Waals surface area contributed by atoms with Crippen molar-refractivity contribution in [1.82, 2.24) is 0 Å². The highest BCUT2D eigenvalue weighted by Gasteiger charge is 2.43. The third-order valence-electron chi connectivity index (χ3n) is 8.07. The van der Waals surface area contributed by atoms with Gasteiger partial charge in [0.25, 0.3) is 0 Å². The van der Waals surface area contributed by atoms with E-state index in [1.807, 2.05) is 0 Å². The molecular formula is C29H46S. The molecule has 0 aromatic rings. The van der Waals surface area contributed by atoms with Gasteiger partial charge in [-0.15, -0.1) is 5.73 Å². The van der Waals surface area contributed by atoms with E-state index < -0.39 is 10.0 Å². The van der Waals surface area contributed by atoms with Crippen LogP contribution in [0.2, 0.25) is 0 Å². The van der Waals surface area contributed by atoms with Crippen LogP contribution in [0.3, 0.4) is 0 Å². The first-order chi connectivity index (χ1) is 13.8. The molecule has 0 radical (unpaired) electrons. The predicted octanol–water partition coefficient (Wildman–Crippen LogP) is 8.70. The van der Waals surface area contributed by atoms with Crippen molar-refractivity contribution in [3.05, 3.63) is 64.3 Å². The minimum atomic E-state index is -0.820. The van der Waals surface area contributed by atoms with E-state index in [9.17, 15) is 0 Å². The van der Waals surface area contributed by atoms with E-state index in [2.05, 4.69) is 110 Å². The number of hydrogen-bond acceptors (Lipinski definition) is 0. The molecule has 30 heavy (non-hydrogen) atoms. The van der Waals surface area contributed by atoms with E-state index in [-0.39, 0.29) is 0 Å². The Bertz CT molecular complexity index is 806. The molecule has 0 aromatic heterocycles. The Morgan fingerprint density at radius 1 is 1.20 bits per heavy atom. The first-order valence-corrected chi connectivity index (χ1v) is 14.6. The standard InChI is InChI=1S/C29H46S/c1-12-14-26(28-16-13-15-27(28)25(7)30(9,10)11)21(3)18-17-20(2)23(5)29(8)19-22(4)24(29)6/h13,15,17-21,23-24,26H,7,12,14H2,1-6,8-11H3/b18-17-. The van der Waals surface area contributed by atoms with Gasteiger partial charge in [-0.25, -0.2) is 10.0 Å². The molecule has 0 fully saturated rings. The maximum atomic E-state index is 4.48. The van der Waals surface area contributed by atoms with Crippen LogP contribution in [0.5, 0.6) is 0 Å².